The molecule has 0 unspecified atom stereocenters. The van der Waals surface area contributed by atoms with Gasteiger partial charge in [-0.15, -0.1) is 0 Å². The molecule has 0 aromatic heterocycles. The summed E-state index contributed by atoms with van der Waals surface area (Å²) in [5, 5.41) is 21.7. The summed E-state index contributed by atoms with van der Waals surface area (Å²) in [6.45, 7) is 7.14. The molecule has 2 heterocycles. The number of carbonyl (C=O) groups is 2. The van der Waals surface area contributed by atoms with Crippen LogP contribution in [0.15, 0.2) is 10.6 Å². The molecule has 24 heavy (non-hydrogen) atoms. The number of nitrogens with zero attached hydrogens (tertiary/aromatic N) is 3. The van der Waals surface area contributed by atoms with E-state index in [0.29, 0.717) is 16.5 Å². The van der Waals surface area contributed by atoms with Gasteiger partial charge in [-0.1, -0.05) is 32.5 Å². The lowest BCUT2D eigenvalue weighted by molar-refractivity contribution is -0.129. The second-order valence-electron chi connectivity index (χ2n) is 6.94. The first-order chi connectivity index (χ1) is 11.3. The summed E-state index contributed by atoms with van der Waals surface area (Å²) >= 11 is 1.18. The Balaban J connectivity index is 2.09. The fraction of sp³-hybridized carbons (Fsp3) is 0.647. The van der Waals surface area contributed by atoms with E-state index in [2.05, 4.69) is 18.3 Å². The van der Waals surface area contributed by atoms with Crippen LogP contribution in [0.5, 0.6) is 0 Å². The first kappa shape index (κ1) is 18.4. The van der Waals surface area contributed by atoms with Gasteiger partial charge in [-0.2, -0.15) is 10.5 Å². The fourth-order valence-corrected chi connectivity index (χ4v) is 4.09. The minimum atomic E-state index is -0.907. The second kappa shape index (κ2) is 7.27. The summed E-state index contributed by atoms with van der Waals surface area (Å²) in [6.07, 6.45) is 2.02. The molecular weight excluding hydrogens is 324 g/mol. The van der Waals surface area contributed by atoms with Crippen molar-refractivity contribution < 1.29 is 9.59 Å². The van der Waals surface area contributed by atoms with Gasteiger partial charge in [0.05, 0.1) is 28.5 Å². The minimum absolute atomic E-state index is 0.0196. The molecule has 2 amide bonds. The van der Waals surface area contributed by atoms with E-state index in [1.165, 1.54) is 11.8 Å². The van der Waals surface area contributed by atoms with Crippen LogP contribution >= 0.6 is 11.8 Å². The average Bonchev–Trinajstić information content (AvgIpc) is 2.52. The van der Waals surface area contributed by atoms with Gasteiger partial charge in [-0.05, 0) is 18.8 Å². The molecule has 1 atom stereocenters. The maximum atomic E-state index is 12.3. The SMILES string of the molecule is CC1CCN(C(=O)CSC2=C(C#N)C(C)(C)[C@H](C#N)C(=O)N2)CC1. The van der Waals surface area contributed by atoms with E-state index in [4.69, 9.17) is 0 Å². The third-order valence-electron chi connectivity index (χ3n) is 4.81. The van der Waals surface area contributed by atoms with Gasteiger partial charge in [0.2, 0.25) is 11.8 Å². The first-order valence-corrected chi connectivity index (χ1v) is 9.05. The van der Waals surface area contributed by atoms with Gasteiger partial charge in [0.15, 0.2) is 0 Å². The van der Waals surface area contributed by atoms with Crippen molar-refractivity contribution in [3.8, 4) is 12.1 Å². The zero-order valence-corrected chi connectivity index (χ0v) is 15.1. The van der Waals surface area contributed by atoms with Crippen molar-refractivity contribution in [3.05, 3.63) is 10.6 Å². The molecule has 1 saturated heterocycles. The van der Waals surface area contributed by atoms with E-state index in [9.17, 15) is 20.1 Å². The Hall–Kier alpha value is -1.99. The predicted molar refractivity (Wildman–Crippen MR) is 91.1 cm³/mol. The molecule has 0 spiro atoms. The van der Waals surface area contributed by atoms with Gasteiger partial charge >= 0.3 is 0 Å². The largest absolute Gasteiger partial charge is 0.342 e. The topological polar surface area (TPSA) is 97.0 Å². The number of amides is 2. The van der Waals surface area contributed by atoms with E-state index in [1.807, 2.05) is 11.0 Å². The molecule has 128 valence electrons. The van der Waals surface area contributed by atoms with Crippen LogP contribution in [0.1, 0.15) is 33.6 Å². The number of hydrogen-bond donors (Lipinski definition) is 1. The van der Waals surface area contributed by atoms with Crippen LogP contribution in [-0.2, 0) is 9.59 Å². The smallest absolute Gasteiger partial charge is 0.243 e. The van der Waals surface area contributed by atoms with Crippen molar-refractivity contribution in [1.82, 2.24) is 10.2 Å². The summed E-state index contributed by atoms with van der Waals surface area (Å²) in [7, 11) is 0. The van der Waals surface area contributed by atoms with E-state index < -0.39 is 17.2 Å². The van der Waals surface area contributed by atoms with Crippen LogP contribution in [0.4, 0.5) is 0 Å². The molecule has 0 bridgehead atoms. The fourth-order valence-electron chi connectivity index (χ4n) is 3.02. The lowest BCUT2D eigenvalue weighted by Gasteiger charge is -2.35. The normalized spacial score (nSPS) is 24.1. The number of thioether (sulfide) groups is 1. The zero-order valence-electron chi connectivity index (χ0n) is 14.3. The van der Waals surface area contributed by atoms with E-state index in [-0.39, 0.29) is 11.7 Å². The van der Waals surface area contributed by atoms with Crippen molar-refractivity contribution in [1.29, 1.82) is 10.5 Å². The van der Waals surface area contributed by atoms with Gasteiger partial charge in [0.25, 0.3) is 0 Å². The summed E-state index contributed by atoms with van der Waals surface area (Å²) in [5.41, 5.74) is -0.503. The summed E-state index contributed by atoms with van der Waals surface area (Å²) < 4.78 is 0. The van der Waals surface area contributed by atoms with Gasteiger partial charge in [-0.25, -0.2) is 0 Å². The summed E-state index contributed by atoms with van der Waals surface area (Å²) in [5.74, 6) is -0.469. The molecule has 0 aromatic rings. The van der Waals surface area contributed by atoms with Crippen molar-refractivity contribution in [2.24, 2.45) is 17.3 Å². The van der Waals surface area contributed by atoms with Crippen molar-refractivity contribution >= 4 is 23.6 Å². The molecule has 1 fully saturated rings. The Labute approximate surface area is 146 Å². The van der Waals surface area contributed by atoms with Crippen LogP contribution in [0.3, 0.4) is 0 Å². The van der Waals surface area contributed by atoms with Crippen LogP contribution in [0, 0.1) is 39.9 Å². The Bertz CT molecular complexity index is 648. The number of hydrogen-bond acceptors (Lipinski definition) is 5. The number of allylic oxidation sites excluding steroid dienone is 1. The second-order valence-corrected chi connectivity index (χ2v) is 7.93. The Morgan fingerprint density at radius 1 is 1.38 bits per heavy atom. The standard InChI is InChI=1S/C17H22N4O2S/c1-11-4-6-21(7-5-11)14(22)10-24-16-13(9-19)17(2,3)12(8-18)15(23)20-16/h11-12H,4-7,10H2,1-3H3,(H,20,23)/t12-/m1/s1. The predicted octanol–water partition coefficient (Wildman–Crippen LogP) is 2.01. The summed E-state index contributed by atoms with van der Waals surface area (Å²) in [6, 6.07) is 4.07. The van der Waals surface area contributed by atoms with Gasteiger partial charge in [0, 0.05) is 18.5 Å². The molecule has 6 nitrogen and oxygen atoms in total. The lowest BCUT2D eigenvalue weighted by atomic mass is 9.72. The van der Waals surface area contributed by atoms with Crippen LogP contribution in [0.2, 0.25) is 0 Å². The third-order valence-corrected chi connectivity index (χ3v) is 5.80. The summed E-state index contributed by atoms with van der Waals surface area (Å²) in [4.78, 5) is 26.3. The molecule has 0 radical (unpaired) electrons. The maximum Gasteiger partial charge on any atom is 0.243 e. The molecule has 0 aromatic carbocycles. The lowest BCUT2D eigenvalue weighted by Crippen LogP contribution is -2.45. The van der Waals surface area contributed by atoms with Gasteiger partial charge in [-0.3, -0.25) is 9.59 Å². The highest BCUT2D eigenvalue weighted by Gasteiger charge is 2.44. The third kappa shape index (κ3) is 3.57. The first-order valence-electron chi connectivity index (χ1n) is 8.07. The average molecular weight is 346 g/mol. The number of likely N-dealkylation sites (tertiary alicyclic amines) is 1. The van der Waals surface area contributed by atoms with E-state index >= 15 is 0 Å². The zero-order chi connectivity index (χ0) is 17.9. The molecule has 7 heteroatoms. The van der Waals surface area contributed by atoms with Gasteiger partial charge < -0.3 is 10.2 Å². The number of piperidine rings is 1. The molecule has 2 rings (SSSR count). The molecule has 0 aliphatic carbocycles. The van der Waals surface area contributed by atoms with Crippen LogP contribution in [0.25, 0.3) is 0 Å². The van der Waals surface area contributed by atoms with Crippen molar-refractivity contribution in [3.63, 3.8) is 0 Å². The van der Waals surface area contributed by atoms with E-state index in [0.717, 1.165) is 25.9 Å². The molecule has 1 N–H and O–H groups in total. The highest BCUT2D eigenvalue weighted by Crippen LogP contribution is 2.41. The molecule has 2 aliphatic heterocycles. The minimum Gasteiger partial charge on any atom is -0.342 e. The number of carbonyl (C=O) groups excluding carboxylic acids is 2. The van der Waals surface area contributed by atoms with Crippen molar-refractivity contribution in [2.75, 3.05) is 18.8 Å². The Kier molecular flexibility index (Phi) is 5.56. The quantitative estimate of drug-likeness (QED) is 0.843. The number of nitrogens with one attached hydrogen (secondary N) is 1. The van der Waals surface area contributed by atoms with Crippen LogP contribution < -0.4 is 5.32 Å². The van der Waals surface area contributed by atoms with Crippen molar-refractivity contribution in [2.45, 2.75) is 33.6 Å². The Morgan fingerprint density at radius 2 is 2.00 bits per heavy atom. The Morgan fingerprint density at radius 3 is 2.54 bits per heavy atom. The van der Waals surface area contributed by atoms with Gasteiger partial charge in [0.1, 0.15) is 5.92 Å². The molecular formula is C17H22N4O2S. The maximum absolute atomic E-state index is 12.3. The number of nitriles is 2. The van der Waals surface area contributed by atoms with Crippen LogP contribution in [-0.4, -0.2) is 35.6 Å². The highest BCUT2D eigenvalue weighted by molar-refractivity contribution is 8.03. The van der Waals surface area contributed by atoms with E-state index in [1.54, 1.807) is 13.8 Å². The number of rotatable bonds is 3. The highest BCUT2D eigenvalue weighted by atomic mass is 32.2. The molecule has 0 saturated carbocycles. The monoisotopic (exact) mass is 346 g/mol. The molecule has 2 aliphatic rings.